The molecule has 4 nitrogen and oxygen atoms in total. The molecule has 98 valence electrons. The van der Waals surface area contributed by atoms with Gasteiger partial charge in [0.05, 0.1) is 17.6 Å². The molecule has 2 heterocycles. The fraction of sp³-hybridized carbons (Fsp3) is 0.286. The van der Waals surface area contributed by atoms with Gasteiger partial charge in [-0.3, -0.25) is 4.90 Å². The highest BCUT2D eigenvalue weighted by Crippen LogP contribution is 2.11. The van der Waals surface area contributed by atoms with E-state index in [0.29, 0.717) is 0 Å². The van der Waals surface area contributed by atoms with Crippen molar-refractivity contribution < 1.29 is 0 Å². The fourth-order valence-electron chi connectivity index (χ4n) is 2.06. The summed E-state index contributed by atoms with van der Waals surface area (Å²) in [5.41, 5.74) is 2.15. The molecule has 0 aliphatic rings. The number of nitrogens with one attached hydrogen (secondary N) is 1. The number of hydrogen-bond acceptors (Lipinski definition) is 4. The largest absolute Gasteiger partial charge is 0.342 e. The molecule has 0 fully saturated rings. The van der Waals surface area contributed by atoms with Crippen LogP contribution < -0.4 is 0 Å². The van der Waals surface area contributed by atoms with Crippen LogP contribution in [-0.2, 0) is 13.0 Å². The average Bonchev–Trinajstić information content (AvgIpc) is 3.04. The van der Waals surface area contributed by atoms with Crippen LogP contribution in [-0.4, -0.2) is 33.4 Å². The Labute approximate surface area is 116 Å². The van der Waals surface area contributed by atoms with Crippen LogP contribution in [0.4, 0.5) is 0 Å². The molecule has 0 spiro atoms. The molecule has 0 atom stereocenters. The lowest BCUT2D eigenvalue weighted by Gasteiger charge is -2.13. The molecule has 3 aromatic rings. The molecule has 2 aromatic heterocycles. The zero-order valence-corrected chi connectivity index (χ0v) is 11.7. The van der Waals surface area contributed by atoms with Crippen molar-refractivity contribution in [2.45, 2.75) is 13.0 Å². The van der Waals surface area contributed by atoms with Gasteiger partial charge >= 0.3 is 0 Å². The Kier molecular flexibility index (Phi) is 3.57. The van der Waals surface area contributed by atoms with Crippen molar-refractivity contribution in [1.82, 2.24) is 19.9 Å². The van der Waals surface area contributed by atoms with Crippen LogP contribution in [0.3, 0.4) is 0 Å². The maximum absolute atomic E-state index is 4.59. The van der Waals surface area contributed by atoms with Crippen LogP contribution in [0.15, 0.2) is 35.8 Å². The van der Waals surface area contributed by atoms with Crippen LogP contribution >= 0.6 is 11.3 Å². The number of hydrogen-bond donors (Lipinski definition) is 1. The number of aromatic amines is 1. The Morgan fingerprint density at radius 3 is 3.00 bits per heavy atom. The quantitative estimate of drug-likeness (QED) is 0.776. The van der Waals surface area contributed by atoms with E-state index < -0.39 is 0 Å². The van der Waals surface area contributed by atoms with Gasteiger partial charge in [0.25, 0.3) is 0 Å². The monoisotopic (exact) mass is 272 g/mol. The SMILES string of the molecule is CN(CCc1nc2ccccc2[nH]1)Cc1nccs1. The lowest BCUT2D eigenvalue weighted by Crippen LogP contribution is -2.20. The number of imidazole rings is 1. The Morgan fingerprint density at radius 2 is 2.21 bits per heavy atom. The molecule has 0 amide bonds. The van der Waals surface area contributed by atoms with Crippen LogP contribution in [0.25, 0.3) is 11.0 Å². The number of rotatable bonds is 5. The molecule has 0 bridgehead atoms. The van der Waals surface area contributed by atoms with Crippen molar-refractivity contribution in [2.24, 2.45) is 0 Å². The molecule has 0 aliphatic heterocycles. The number of para-hydroxylation sites is 2. The topological polar surface area (TPSA) is 44.8 Å². The number of H-pyrrole nitrogens is 1. The Balaban J connectivity index is 1.59. The van der Waals surface area contributed by atoms with Gasteiger partial charge in [0.2, 0.25) is 0 Å². The number of benzene rings is 1. The van der Waals surface area contributed by atoms with E-state index in [1.807, 2.05) is 29.8 Å². The number of likely N-dealkylation sites (N-methyl/N-ethyl adjacent to an activating group) is 1. The summed E-state index contributed by atoms with van der Waals surface area (Å²) in [4.78, 5) is 14.5. The van der Waals surface area contributed by atoms with E-state index in [0.717, 1.165) is 41.4 Å². The zero-order chi connectivity index (χ0) is 13.1. The van der Waals surface area contributed by atoms with E-state index >= 15 is 0 Å². The third-order valence-corrected chi connectivity index (χ3v) is 3.82. The first-order valence-corrected chi connectivity index (χ1v) is 7.20. The third-order valence-electron chi connectivity index (χ3n) is 3.06. The minimum absolute atomic E-state index is 0.901. The number of nitrogens with zero attached hydrogens (tertiary/aromatic N) is 3. The summed E-state index contributed by atoms with van der Waals surface area (Å²) < 4.78 is 0. The molecule has 19 heavy (non-hydrogen) atoms. The lowest BCUT2D eigenvalue weighted by atomic mass is 10.3. The molecule has 0 unspecified atom stereocenters. The highest BCUT2D eigenvalue weighted by molar-refractivity contribution is 7.09. The van der Waals surface area contributed by atoms with Crippen molar-refractivity contribution in [2.75, 3.05) is 13.6 Å². The van der Waals surface area contributed by atoms with E-state index in [1.54, 1.807) is 11.3 Å². The second-order valence-corrected chi connectivity index (χ2v) is 5.59. The molecule has 5 heteroatoms. The Morgan fingerprint density at radius 1 is 1.32 bits per heavy atom. The number of aromatic nitrogens is 3. The van der Waals surface area contributed by atoms with E-state index in [4.69, 9.17) is 0 Å². The van der Waals surface area contributed by atoms with Crippen molar-refractivity contribution >= 4 is 22.4 Å². The van der Waals surface area contributed by atoms with Crippen molar-refractivity contribution in [1.29, 1.82) is 0 Å². The van der Waals surface area contributed by atoms with Crippen LogP contribution in [0.2, 0.25) is 0 Å². The van der Waals surface area contributed by atoms with Gasteiger partial charge in [-0.15, -0.1) is 11.3 Å². The van der Waals surface area contributed by atoms with E-state index in [1.165, 1.54) is 0 Å². The smallest absolute Gasteiger partial charge is 0.108 e. The summed E-state index contributed by atoms with van der Waals surface area (Å²) in [6.45, 7) is 1.87. The first-order chi connectivity index (χ1) is 9.31. The highest BCUT2D eigenvalue weighted by atomic mass is 32.1. The summed E-state index contributed by atoms with van der Waals surface area (Å²) >= 11 is 1.70. The zero-order valence-electron chi connectivity index (χ0n) is 10.8. The van der Waals surface area contributed by atoms with E-state index in [2.05, 4.69) is 33.0 Å². The predicted octanol–water partition coefficient (Wildman–Crippen LogP) is 2.69. The standard InChI is InChI=1S/C14H16N4S/c1-18(10-14-15-7-9-19-14)8-6-13-16-11-4-2-3-5-12(11)17-13/h2-5,7,9H,6,8,10H2,1H3,(H,16,17). The molecule has 0 aliphatic carbocycles. The highest BCUT2D eigenvalue weighted by Gasteiger charge is 2.05. The summed E-state index contributed by atoms with van der Waals surface area (Å²) in [5.74, 6) is 1.05. The van der Waals surface area contributed by atoms with E-state index in [-0.39, 0.29) is 0 Å². The van der Waals surface area contributed by atoms with Crippen LogP contribution in [0.5, 0.6) is 0 Å². The summed E-state index contributed by atoms with van der Waals surface area (Å²) in [6, 6.07) is 8.14. The Hall–Kier alpha value is -1.72. The number of fused-ring (bicyclic) bond motifs is 1. The predicted molar refractivity (Wildman–Crippen MR) is 78.2 cm³/mol. The van der Waals surface area contributed by atoms with Gasteiger partial charge in [0, 0.05) is 24.5 Å². The Bertz CT molecular complexity index is 611. The fourth-order valence-corrected chi connectivity index (χ4v) is 2.76. The molecule has 0 saturated carbocycles. The molecular formula is C14H16N4S. The van der Waals surface area contributed by atoms with Crippen LogP contribution in [0, 0.1) is 0 Å². The first-order valence-electron chi connectivity index (χ1n) is 6.32. The molecule has 1 N–H and O–H groups in total. The minimum atomic E-state index is 0.901. The summed E-state index contributed by atoms with van der Waals surface area (Å²) in [5, 5.41) is 3.18. The molecular weight excluding hydrogens is 256 g/mol. The van der Waals surface area contributed by atoms with Gasteiger partial charge in [0.1, 0.15) is 10.8 Å². The van der Waals surface area contributed by atoms with Crippen molar-refractivity contribution in [3.63, 3.8) is 0 Å². The molecule has 3 rings (SSSR count). The number of thiazole rings is 1. The maximum atomic E-state index is 4.59. The van der Waals surface area contributed by atoms with Gasteiger partial charge in [-0.25, -0.2) is 9.97 Å². The first kappa shape index (κ1) is 12.3. The second-order valence-electron chi connectivity index (χ2n) is 4.61. The summed E-state index contributed by atoms with van der Waals surface area (Å²) in [6.07, 6.45) is 2.78. The van der Waals surface area contributed by atoms with Gasteiger partial charge in [-0.2, -0.15) is 0 Å². The van der Waals surface area contributed by atoms with Gasteiger partial charge in [-0.1, -0.05) is 12.1 Å². The minimum Gasteiger partial charge on any atom is -0.342 e. The summed E-state index contributed by atoms with van der Waals surface area (Å²) in [7, 11) is 2.12. The van der Waals surface area contributed by atoms with Crippen molar-refractivity contribution in [3.05, 3.63) is 46.7 Å². The van der Waals surface area contributed by atoms with Crippen molar-refractivity contribution in [3.8, 4) is 0 Å². The third kappa shape index (κ3) is 3.00. The van der Waals surface area contributed by atoms with Gasteiger partial charge in [-0.05, 0) is 19.2 Å². The van der Waals surface area contributed by atoms with E-state index in [9.17, 15) is 0 Å². The molecule has 0 saturated heterocycles. The normalized spacial score (nSPS) is 11.5. The lowest BCUT2D eigenvalue weighted by molar-refractivity contribution is 0.328. The molecule has 0 radical (unpaired) electrons. The van der Waals surface area contributed by atoms with Gasteiger partial charge < -0.3 is 4.98 Å². The van der Waals surface area contributed by atoms with Crippen LogP contribution in [0.1, 0.15) is 10.8 Å². The average molecular weight is 272 g/mol. The molecule has 1 aromatic carbocycles. The van der Waals surface area contributed by atoms with Gasteiger partial charge in [0.15, 0.2) is 0 Å². The second kappa shape index (κ2) is 5.50. The maximum Gasteiger partial charge on any atom is 0.108 e.